The molecule has 2 heterocycles. The summed E-state index contributed by atoms with van der Waals surface area (Å²) in [6.45, 7) is 2.54. The molecule has 0 saturated carbocycles. The highest BCUT2D eigenvalue weighted by Gasteiger charge is 2.34. The van der Waals surface area contributed by atoms with E-state index in [9.17, 15) is 9.59 Å². The molecule has 36 heavy (non-hydrogen) atoms. The molecule has 0 aliphatic carbocycles. The monoisotopic (exact) mass is 503 g/mol. The highest BCUT2D eigenvalue weighted by molar-refractivity contribution is 5.91. The molecule has 2 aromatic rings. The van der Waals surface area contributed by atoms with E-state index in [4.69, 9.17) is 24.1 Å². The number of aromatic nitrogens is 2. The molecule has 198 valence electrons. The molecule has 0 fully saturated rings. The Morgan fingerprint density at radius 1 is 1.22 bits per heavy atom. The Morgan fingerprint density at radius 3 is 2.56 bits per heavy atom. The fraction of sp³-hybridized carbons (Fsp3) is 0.538. The number of benzene rings is 1. The lowest BCUT2D eigenvalue weighted by Gasteiger charge is -2.31. The zero-order valence-corrected chi connectivity index (χ0v) is 21.7. The van der Waals surface area contributed by atoms with Crippen LogP contribution in [0.3, 0.4) is 0 Å². The van der Waals surface area contributed by atoms with E-state index in [0.717, 1.165) is 11.4 Å². The highest BCUT2D eigenvalue weighted by Crippen LogP contribution is 2.32. The Labute approximate surface area is 211 Å². The van der Waals surface area contributed by atoms with E-state index in [1.807, 2.05) is 49.0 Å². The van der Waals surface area contributed by atoms with Gasteiger partial charge in [-0.15, -0.1) is 0 Å². The van der Waals surface area contributed by atoms with Crippen molar-refractivity contribution in [3.63, 3.8) is 0 Å². The SMILES string of the molecule is COC(CN(C)C(=O)C1=C[C@H](c2c(C)n(C)n(-c3ccccc3)c2=O)C[C@H](OCCCCO)O1)OC. The number of likely N-dealkylation sites (N-methyl/N-ethyl adjacent to an activating group) is 1. The normalized spacial score (nSPS) is 17.7. The Hall–Kier alpha value is -2.92. The average Bonchev–Trinajstić information content (AvgIpc) is 3.12. The van der Waals surface area contributed by atoms with Crippen molar-refractivity contribution in [2.45, 2.75) is 44.7 Å². The smallest absolute Gasteiger partial charge is 0.288 e. The fourth-order valence-corrected chi connectivity index (χ4v) is 4.30. The Bertz CT molecular complexity index is 1090. The summed E-state index contributed by atoms with van der Waals surface area (Å²) in [6, 6.07) is 9.42. The number of ether oxygens (including phenoxy) is 4. The Morgan fingerprint density at radius 2 is 1.92 bits per heavy atom. The lowest BCUT2D eigenvalue weighted by Crippen LogP contribution is -2.39. The van der Waals surface area contributed by atoms with Crippen LogP contribution in [0.1, 0.15) is 36.4 Å². The molecule has 1 aliphatic heterocycles. The first-order valence-electron chi connectivity index (χ1n) is 12.1. The van der Waals surface area contributed by atoms with E-state index in [2.05, 4.69) is 0 Å². The second-order valence-electron chi connectivity index (χ2n) is 8.78. The van der Waals surface area contributed by atoms with Gasteiger partial charge in [0.15, 0.2) is 12.0 Å². The zero-order valence-electron chi connectivity index (χ0n) is 21.7. The number of carbonyl (C=O) groups excluding carboxylic acids is 1. The molecular formula is C26H37N3O7. The number of aliphatic hydroxyl groups is 1. The third-order valence-electron chi connectivity index (χ3n) is 6.39. The Balaban J connectivity index is 1.96. The molecule has 3 rings (SSSR count). The minimum Gasteiger partial charge on any atom is -0.459 e. The summed E-state index contributed by atoms with van der Waals surface area (Å²) in [4.78, 5) is 28.4. The molecular weight excluding hydrogens is 466 g/mol. The fourth-order valence-electron chi connectivity index (χ4n) is 4.30. The number of carbonyl (C=O) groups is 1. The molecule has 2 atom stereocenters. The molecule has 0 spiro atoms. The standard InChI is InChI=1S/C26H37N3O7/c1-18-24(26(32)29(28(18)3)20-11-7-6-8-12-20)19-15-21(25(31)27(2)17-23(33-4)34-5)36-22(16-19)35-14-10-9-13-30/h6-8,11-12,15,19,22-23,30H,9-10,13-14,16-17H2,1-5H3/t19-,22+/m0/s1. The first kappa shape index (κ1) is 27.7. The van der Waals surface area contributed by atoms with E-state index in [1.165, 1.54) is 19.1 Å². The summed E-state index contributed by atoms with van der Waals surface area (Å²) in [7, 11) is 6.49. The minimum absolute atomic E-state index is 0.0777. The number of unbranched alkanes of at least 4 members (excludes halogenated alkanes) is 1. The maximum absolute atomic E-state index is 13.6. The maximum atomic E-state index is 13.6. The second-order valence-corrected chi connectivity index (χ2v) is 8.78. The number of amides is 1. The molecule has 0 unspecified atom stereocenters. The summed E-state index contributed by atoms with van der Waals surface area (Å²) >= 11 is 0. The predicted octanol–water partition coefficient (Wildman–Crippen LogP) is 2.06. The first-order chi connectivity index (χ1) is 17.3. The maximum Gasteiger partial charge on any atom is 0.288 e. The van der Waals surface area contributed by atoms with Crippen LogP contribution in [0.5, 0.6) is 0 Å². The van der Waals surface area contributed by atoms with E-state index in [1.54, 1.807) is 17.8 Å². The van der Waals surface area contributed by atoms with Gasteiger partial charge in [-0.25, -0.2) is 4.68 Å². The molecule has 1 aromatic carbocycles. The molecule has 1 aliphatic rings. The summed E-state index contributed by atoms with van der Waals surface area (Å²) < 4.78 is 25.7. The second kappa shape index (κ2) is 12.9. The van der Waals surface area contributed by atoms with Gasteiger partial charge in [0.1, 0.15) is 0 Å². The average molecular weight is 504 g/mol. The van der Waals surface area contributed by atoms with Crippen LogP contribution in [0.25, 0.3) is 5.69 Å². The van der Waals surface area contributed by atoms with Crippen LogP contribution in [0, 0.1) is 6.92 Å². The van der Waals surface area contributed by atoms with Gasteiger partial charge in [0, 0.05) is 58.5 Å². The third kappa shape index (κ3) is 6.25. The van der Waals surface area contributed by atoms with Gasteiger partial charge in [-0.1, -0.05) is 18.2 Å². The van der Waals surface area contributed by atoms with Crippen LogP contribution in [0.2, 0.25) is 0 Å². The molecule has 10 nitrogen and oxygen atoms in total. The van der Waals surface area contributed by atoms with Crippen LogP contribution in [0.4, 0.5) is 0 Å². The van der Waals surface area contributed by atoms with Crippen LogP contribution in [-0.4, -0.2) is 78.9 Å². The van der Waals surface area contributed by atoms with Gasteiger partial charge in [0.2, 0.25) is 6.29 Å². The van der Waals surface area contributed by atoms with Crippen molar-refractivity contribution in [1.29, 1.82) is 0 Å². The van der Waals surface area contributed by atoms with Crippen LogP contribution < -0.4 is 5.56 Å². The van der Waals surface area contributed by atoms with E-state index >= 15 is 0 Å². The summed E-state index contributed by atoms with van der Waals surface area (Å²) in [6.07, 6.45) is 2.06. The van der Waals surface area contributed by atoms with Crippen molar-refractivity contribution in [3.8, 4) is 5.69 Å². The van der Waals surface area contributed by atoms with Crippen molar-refractivity contribution < 1.29 is 28.8 Å². The molecule has 10 heteroatoms. The largest absolute Gasteiger partial charge is 0.459 e. The third-order valence-corrected chi connectivity index (χ3v) is 6.39. The van der Waals surface area contributed by atoms with Gasteiger partial charge < -0.3 is 29.0 Å². The molecule has 1 amide bonds. The number of para-hydroxylation sites is 1. The number of rotatable bonds is 12. The van der Waals surface area contributed by atoms with Gasteiger partial charge in [-0.05, 0) is 38.0 Å². The number of nitrogens with zero attached hydrogens (tertiary/aromatic N) is 3. The van der Waals surface area contributed by atoms with Crippen molar-refractivity contribution >= 4 is 5.91 Å². The van der Waals surface area contributed by atoms with Gasteiger partial charge in [-0.2, -0.15) is 0 Å². The van der Waals surface area contributed by atoms with Crippen LogP contribution in [-0.2, 0) is 30.8 Å². The van der Waals surface area contributed by atoms with Gasteiger partial charge in [0.25, 0.3) is 11.5 Å². The van der Waals surface area contributed by atoms with E-state index in [0.29, 0.717) is 31.4 Å². The summed E-state index contributed by atoms with van der Waals surface area (Å²) in [5, 5.41) is 9.06. The van der Waals surface area contributed by atoms with Crippen LogP contribution >= 0.6 is 0 Å². The Kier molecular flexibility index (Phi) is 9.89. The first-order valence-corrected chi connectivity index (χ1v) is 12.1. The highest BCUT2D eigenvalue weighted by atomic mass is 16.7. The van der Waals surface area contributed by atoms with Crippen molar-refractivity contribution in [3.05, 3.63) is 63.8 Å². The van der Waals surface area contributed by atoms with Crippen molar-refractivity contribution in [1.82, 2.24) is 14.3 Å². The molecule has 1 aromatic heterocycles. The van der Waals surface area contributed by atoms with Crippen molar-refractivity contribution in [2.24, 2.45) is 7.05 Å². The number of allylic oxidation sites excluding steroid dienone is 1. The molecule has 0 bridgehead atoms. The lowest BCUT2D eigenvalue weighted by atomic mass is 9.93. The lowest BCUT2D eigenvalue weighted by molar-refractivity contribution is -0.158. The van der Waals surface area contributed by atoms with Gasteiger partial charge in [0.05, 0.1) is 18.8 Å². The number of hydrogen-bond donors (Lipinski definition) is 1. The van der Waals surface area contributed by atoms with E-state index in [-0.39, 0.29) is 30.4 Å². The number of hydrogen-bond acceptors (Lipinski definition) is 7. The number of aliphatic hydroxyl groups excluding tert-OH is 1. The summed E-state index contributed by atoms with van der Waals surface area (Å²) in [5.41, 5.74) is 1.99. The van der Waals surface area contributed by atoms with E-state index < -0.39 is 18.5 Å². The topological polar surface area (TPSA) is 104 Å². The minimum atomic E-state index is -0.712. The van der Waals surface area contributed by atoms with Crippen molar-refractivity contribution in [2.75, 3.05) is 41.0 Å². The quantitative estimate of drug-likeness (QED) is 0.349. The summed E-state index contributed by atoms with van der Waals surface area (Å²) in [5.74, 6) is -0.640. The number of methoxy groups -OCH3 is 2. The van der Waals surface area contributed by atoms with Gasteiger partial charge in [-0.3, -0.25) is 14.3 Å². The predicted molar refractivity (Wildman–Crippen MR) is 134 cm³/mol. The molecule has 0 radical (unpaired) electrons. The molecule has 1 N–H and O–H groups in total. The van der Waals surface area contributed by atoms with Crippen LogP contribution in [0.15, 0.2) is 47.0 Å². The molecule has 0 saturated heterocycles. The zero-order chi connectivity index (χ0) is 26.2. The van der Waals surface area contributed by atoms with Gasteiger partial charge >= 0.3 is 0 Å².